The molecule has 0 aromatic heterocycles. The molecular formula is C32H52O4. The summed E-state index contributed by atoms with van der Waals surface area (Å²) in [5, 5.41) is 23.9. The first-order valence-electron chi connectivity index (χ1n) is 14.7. The zero-order valence-corrected chi connectivity index (χ0v) is 24.4. The zero-order chi connectivity index (χ0) is 26.7. The average Bonchev–Trinajstić information content (AvgIpc) is 2.74. The average molecular weight is 501 g/mol. The summed E-state index contributed by atoms with van der Waals surface area (Å²) in [6.45, 7) is 20.5. The molecule has 0 amide bonds. The first-order chi connectivity index (χ1) is 16.4. The maximum Gasteiger partial charge on any atom is 0.302 e. The van der Waals surface area contributed by atoms with E-state index in [-0.39, 0.29) is 40.2 Å². The van der Waals surface area contributed by atoms with Crippen LogP contribution in [0, 0.1) is 50.2 Å². The quantitative estimate of drug-likeness (QED) is 0.311. The van der Waals surface area contributed by atoms with Gasteiger partial charge in [0.25, 0.3) is 0 Å². The Morgan fingerprint density at radius 2 is 1.58 bits per heavy atom. The van der Waals surface area contributed by atoms with Gasteiger partial charge in [-0.1, -0.05) is 67.0 Å². The summed E-state index contributed by atoms with van der Waals surface area (Å²) >= 11 is 0. The maximum atomic E-state index is 12.1. The van der Waals surface area contributed by atoms with Gasteiger partial charge in [0.1, 0.15) is 6.10 Å². The Kier molecular flexibility index (Phi) is 5.82. The van der Waals surface area contributed by atoms with Crippen LogP contribution in [-0.2, 0) is 9.53 Å². The summed E-state index contributed by atoms with van der Waals surface area (Å²) < 4.78 is 5.78. The van der Waals surface area contributed by atoms with Gasteiger partial charge in [-0.2, -0.15) is 0 Å². The molecule has 0 aromatic rings. The van der Waals surface area contributed by atoms with Crippen LogP contribution in [0.1, 0.15) is 114 Å². The monoisotopic (exact) mass is 500 g/mol. The van der Waals surface area contributed by atoms with Crippen molar-refractivity contribution in [1.82, 2.24) is 0 Å². The normalized spacial score (nSPS) is 53.1. The van der Waals surface area contributed by atoms with Crippen molar-refractivity contribution in [2.75, 3.05) is 0 Å². The fourth-order valence-electron chi connectivity index (χ4n) is 10.9. The lowest BCUT2D eigenvalue weighted by Crippen LogP contribution is -2.70. The third kappa shape index (κ3) is 3.34. The Bertz CT molecular complexity index is 965. The van der Waals surface area contributed by atoms with Crippen molar-refractivity contribution in [3.05, 3.63) is 11.6 Å². The molecule has 5 rings (SSSR count). The molecule has 2 N–H and O–H groups in total. The smallest absolute Gasteiger partial charge is 0.302 e. The van der Waals surface area contributed by atoms with Crippen molar-refractivity contribution in [2.45, 2.75) is 132 Å². The van der Waals surface area contributed by atoms with Gasteiger partial charge >= 0.3 is 5.97 Å². The molecule has 0 heterocycles. The van der Waals surface area contributed by atoms with E-state index >= 15 is 0 Å². The third-order valence-corrected chi connectivity index (χ3v) is 13.4. The lowest BCUT2D eigenvalue weighted by molar-refractivity contribution is -0.263. The van der Waals surface area contributed by atoms with E-state index in [0.717, 1.165) is 12.8 Å². The predicted molar refractivity (Wildman–Crippen MR) is 143 cm³/mol. The lowest BCUT2D eigenvalue weighted by Gasteiger charge is -2.72. The fourth-order valence-corrected chi connectivity index (χ4v) is 10.9. The Balaban J connectivity index is 1.60. The summed E-state index contributed by atoms with van der Waals surface area (Å²) in [6, 6.07) is 0. The summed E-state index contributed by atoms with van der Waals surface area (Å²) in [7, 11) is 0. The Hall–Kier alpha value is -0.870. The van der Waals surface area contributed by atoms with Crippen LogP contribution in [0.15, 0.2) is 11.6 Å². The molecule has 0 radical (unpaired) electrons. The fraction of sp³-hybridized carbons (Fsp3) is 0.906. The van der Waals surface area contributed by atoms with Gasteiger partial charge < -0.3 is 14.9 Å². The molecule has 0 bridgehead atoms. The molecule has 0 spiro atoms. The van der Waals surface area contributed by atoms with E-state index in [1.165, 1.54) is 44.6 Å². The number of carbonyl (C=O) groups excluding carboxylic acids is 1. The molecule has 4 saturated carbocycles. The first-order valence-corrected chi connectivity index (χ1v) is 14.7. The lowest BCUT2D eigenvalue weighted by atomic mass is 9.33. The number of hydrogen-bond acceptors (Lipinski definition) is 4. The Labute approximate surface area is 219 Å². The highest BCUT2D eigenvalue weighted by molar-refractivity contribution is 5.66. The van der Waals surface area contributed by atoms with E-state index < -0.39 is 17.6 Å². The molecule has 0 aromatic carbocycles. The first kappa shape index (κ1) is 26.7. The highest BCUT2D eigenvalue weighted by Gasteiger charge is 2.72. The minimum Gasteiger partial charge on any atom is -0.462 e. The van der Waals surface area contributed by atoms with Gasteiger partial charge in [0.05, 0.1) is 12.2 Å². The number of allylic oxidation sites excluding steroid dienone is 1. The van der Waals surface area contributed by atoms with E-state index in [1.54, 1.807) is 0 Å². The SMILES string of the molecule is CC(=O)O[C@H]1C[C@@H](O)[C@]2(C)[C@H]3[C@H](O)C=C4[C@@H]5CC(C)(C)CC[C@]5(C)CC[C@@]4(C)[C@]3(C)CC[C@H]2C1(C)C. The molecule has 5 aliphatic rings. The molecule has 0 aliphatic heterocycles. The van der Waals surface area contributed by atoms with Crippen molar-refractivity contribution >= 4 is 5.97 Å². The topological polar surface area (TPSA) is 66.8 Å². The summed E-state index contributed by atoms with van der Waals surface area (Å²) in [4.78, 5) is 11.9. The van der Waals surface area contributed by atoms with Gasteiger partial charge in [0.15, 0.2) is 0 Å². The van der Waals surface area contributed by atoms with E-state index in [0.29, 0.717) is 23.2 Å². The molecule has 0 saturated heterocycles. The molecular weight excluding hydrogens is 448 g/mol. The maximum absolute atomic E-state index is 12.1. The number of fused-ring (bicyclic) bond motifs is 7. The van der Waals surface area contributed by atoms with Gasteiger partial charge in [-0.05, 0) is 78.4 Å². The number of aliphatic hydroxyl groups excluding tert-OH is 2. The molecule has 36 heavy (non-hydrogen) atoms. The second kappa shape index (κ2) is 7.84. The third-order valence-electron chi connectivity index (χ3n) is 13.4. The van der Waals surface area contributed by atoms with Crippen molar-refractivity contribution in [3.63, 3.8) is 0 Å². The van der Waals surface area contributed by atoms with Gasteiger partial charge in [-0.25, -0.2) is 0 Å². The summed E-state index contributed by atoms with van der Waals surface area (Å²) in [5.41, 5.74) is 1.43. The largest absolute Gasteiger partial charge is 0.462 e. The van der Waals surface area contributed by atoms with Gasteiger partial charge in [0.2, 0.25) is 0 Å². The van der Waals surface area contributed by atoms with Crippen molar-refractivity contribution in [3.8, 4) is 0 Å². The van der Waals surface area contributed by atoms with Crippen LogP contribution < -0.4 is 0 Å². The van der Waals surface area contributed by atoms with E-state index in [4.69, 9.17) is 4.74 Å². The number of hydrogen-bond donors (Lipinski definition) is 2. The van der Waals surface area contributed by atoms with Crippen LogP contribution in [0.3, 0.4) is 0 Å². The highest BCUT2D eigenvalue weighted by atomic mass is 16.5. The number of rotatable bonds is 1. The summed E-state index contributed by atoms with van der Waals surface area (Å²) in [6.07, 6.45) is 9.48. The van der Waals surface area contributed by atoms with Crippen molar-refractivity contribution < 1.29 is 19.7 Å². The van der Waals surface area contributed by atoms with E-state index in [9.17, 15) is 15.0 Å². The minimum absolute atomic E-state index is 0.0222. The molecule has 0 unspecified atom stereocenters. The Morgan fingerprint density at radius 3 is 2.22 bits per heavy atom. The standard InChI is InChI=1S/C32H52O4/c1-19(33)36-25-17-24(35)32(9)23(28(25,4)5)10-11-31(8)26(32)22(34)16-20-21-18-27(2,3)12-13-29(21,6)14-15-30(20,31)7/h16,21-26,34-35H,10-15,17-18H2,1-9H3/t21-,22+,23-,24+,25-,26-,29+,30+,31+,32+/m0/s1. The van der Waals surface area contributed by atoms with Crippen LogP contribution in [-0.4, -0.2) is 34.5 Å². The van der Waals surface area contributed by atoms with Crippen LogP contribution in [0.5, 0.6) is 0 Å². The van der Waals surface area contributed by atoms with E-state index in [1.807, 2.05) is 0 Å². The zero-order valence-electron chi connectivity index (χ0n) is 24.4. The molecule has 4 fully saturated rings. The Morgan fingerprint density at radius 1 is 0.944 bits per heavy atom. The predicted octanol–water partition coefficient (Wildman–Crippen LogP) is 6.68. The van der Waals surface area contributed by atoms with E-state index in [2.05, 4.69) is 61.5 Å². The van der Waals surface area contributed by atoms with Crippen LogP contribution >= 0.6 is 0 Å². The molecule has 10 atom stereocenters. The van der Waals surface area contributed by atoms with Crippen molar-refractivity contribution in [2.24, 2.45) is 50.2 Å². The number of esters is 1. The molecule has 4 nitrogen and oxygen atoms in total. The minimum atomic E-state index is -0.611. The second-order valence-electron chi connectivity index (χ2n) is 16.0. The highest BCUT2D eigenvalue weighted by Crippen LogP contribution is 2.75. The van der Waals surface area contributed by atoms with Gasteiger partial charge in [-0.3, -0.25) is 4.79 Å². The molecule has 4 heteroatoms. The number of ether oxygens (including phenoxy) is 1. The van der Waals surface area contributed by atoms with Crippen LogP contribution in [0.2, 0.25) is 0 Å². The van der Waals surface area contributed by atoms with Crippen LogP contribution in [0.25, 0.3) is 0 Å². The second-order valence-corrected chi connectivity index (χ2v) is 16.0. The summed E-state index contributed by atoms with van der Waals surface area (Å²) in [5.74, 6) is 0.403. The van der Waals surface area contributed by atoms with Gasteiger partial charge in [0, 0.05) is 30.1 Å². The number of carbonyl (C=O) groups is 1. The van der Waals surface area contributed by atoms with Crippen molar-refractivity contribution in [1.29, 1.82) is 0 Å². The van der Waals surface area contributed by atoms with Gasteiger partial charge in [-0.15, -0.1) is 0 Å². The number of aliphatic hydroxyl groups is 2. The molecule has 204 valence electrons. The van der Waals surface area contributed by atoms with Crippen LogP contribution in [0.4, 0.5) is 0 Å². The molecule has 5 aliphatic carbocycles.